The van der Waals surface area contributed by atoms with E-state index in [2.05, 4.69) is 45.0 Å². The molecular weight excluding hydrogens is 260 g/mol. The van der Waals surface area contributed by atoms with E-state index < -0.39 is 0 Å². The van der Waals surface area contributed by atoms with Gasteiger partial charge in [-0.1, -0.05) is 45.0 Å². The molecule has 2 aromatic carbocycles. The van der Waals surface area contributed by atoms with Crippen LogP contribution >= 0.6 is 0 Å². The van der Waals surface area contributed by atoms with Crippen molar-refractivity contribution in [2.45, 2.75) is 33.1 Å². The Morgan fingerprint density at radius 3 is 2.10 bits per heavy atom. The van der Waals surface area contributed by atoms with Gasteiger partial charge in [0, 0.05) is 11.1 Å². The minimum Gasteiger partial charge on any atom is -0.496 e. The lowest BCUT2D eigenvalue weighted by atomic mass is 9.86. The fourth-order valence-electron chi connectivity index (χ4n) is 2.30. The summed E-state index contributed by atoms with van der Waals surface area (Å²) in [6.45, 7) is 8.16. The van der Waals surface area contributed by atoms with Gasteiger partial charge < -0.3 is 4.74 Å². The fraction of sp³-hybridized carbons (Fsp3) is 0.316. The van der Waals surface area contributed by atoms with Crippen LogP contribution in [0.2, 0.25) is 0 Å². The number of ketones is 1. The van der Waals surface area contributed by atoms with Crippen molar-refractivity contribution in [1.82, 2.24) is 0 Å². The second-order valence-corrected chi connectivity index (χ2v) is 6.30. The molecule has 21 heavy (non-hydrogen) atoms. The third-order valence-corrected chi connectivity index (χ3v) is 3.67. The molecule has 0 spiro atoms. The van der Waals surface area contributed by atoms with Gasteiger partial charge in [-0.15, -0.1) is 0 Å². The second kappa shape index (κ2) is 5.72. The van der Waals surface area contributed by atoms with E-state index in [0.29, 0.717) is 5.56 Å². The smallest absolute Gasteiger partial charge is 0.159 e. The number of Topliss-reactive ketones (excluding diaryl/α,β-unsaturated/α-hetero) is 1. The third kappa shape index (κ3) is 3.33. The van der Waals surface area contributed by atoms with E-state index in [-0.39, 0.29) is 11.2 Å². The molecule has 0 bridgehead atoms. The highest BCUT2D eigenvalue weighted by atomic mass is 16.5. The largest absolute Gasteiger partial charge is 0.496 e. The number of hydrogen-bond donors (Lipinski definition) is 0. The highest BCUT2D eigenvalue weighted by Gasteiger charge is 2.14. The first-order valence-corrected chi connectivity index (χ1v) is 7.13. The lowest BCUT2D eigenvalue weighted by Gasteiger charge is -2.19. The number of rotatable bonds is 3. The fourth-order valence-corrected chi connectivity index (χ4v) is 2.30. The summed E-state index contributed by atoms with van der Waals surface area (Å²) in [6.07, 6.45) is 0. The summed E-state index contributed by atoms with van der Waals surface area (Å²) >= 11 is 0. The predicted molar refractivity (Wildman–Crippen MR) is 87.1 cm³/mol. The van der Waals surface area contributed by atoms with Crippen molar-refractivity contribution < 1.29 is 9.53 Å². The van der Waals surface area contributed by atoms with Crippen LogP contribution in [-0.2, 0) is 5.41 Å². The van der Waals surface area contributed by atoms with Crippen molar-refractivity contribution in [3.63, 3.8) is 0 Å². The minimum absolute atomic E-state index is 0.0604. The molecule has 0 fully saturated rings. The Labute approximate surface area is 126 Å². The van der Waals surface area contributed by atoms with Gasteiger partial charge in [-0.3, -0.25) is 4.79 Å². The Balaban J connectivity index is 2.50. The maximum absolute atomic E-state index is 11.6. The standard InChI is InChI=1S/C19H22O2/c1-13(20)15-8-11-18(21-5)17(12-15)14-6-9-16(10-7-14)19(2,3)4/h6-12H,1-5H3. The molecule has 2 aromatic rings. The number of carbonyl (C=O) groups is 1. The molecule has 0 atom stereocenters. The summed E-state index contributed by atoms with van der Waals surface area (Å²) < 4.78 is 5.42. The molecule has 0 aliphatic carbocycles. The first-order valence-electron chi connectivity index (χ1n) is 7.13. The average Bonchev–Trinajstić information content (AvgIpc) is 2.45. The van der Waals surface area contributed by atoms with Crippen LogP contribution < -0.4 is 4.74 Å². The van der Waals surface area contributed by atoms with Gasteiger partial charge in [0.15, 0.2) is 5.78 Å². The summed E-state index contributed by atoms with van der Waals surface area (Å²) in [7, 11) is 1.65. The Morgan fingerprint density at radius 1 is 1.00 bits per heavy atom. The van der Waals surface area contributed by atoms with Crippen LogP contribution in [0.15, 0.2) is 42.5 Å². The molecule has 0 radical (unpaired) electrons. The summed E-state index contributed by atoms with van der Waals surface area (Å²) in [5, 5.41) is 0. The first-order chi connectivity index (χ1) is 9.82. The molecule has 0 saturated carbocycles. The van der Waals surface area contributed by atoms with Crippen LogP contribution in [0, 0.1) is 0 Å². The van der Waals surface area contributed by atoms with Crippen molar-refractivity contribution >= 4 is 5.78 Å². The molecule has 2 nitrogen and oxygen atoms in total. The van der Waals surface area contributed by atoms with Crippen molar-refractivity contribution in [2.75, 3.05) is 7.11 Å². The molecule has 2 heteroatoms. The van der Waals surface area contributed by atoms with Gasteiger partial charge >= 0.3 is 0 Å². The Kier molecular flexibility index (Phi) is 4.17. The molecule has 0 saturated heterocycles. The van der Waals surface area contributed by atoms with Crippen molar-refractivity contribution in [2.24, 2.45) is 0 Å². The van der Waals surface area contributed by atoms with E-state index in [9.17, 15) is 4.79 Å². The van der Waals surface area contributed by atoms with Crippen LogP contribution in [0.25, 0.3) is 11.1 Å². The SMILES string of the molecule is COc1ccc(C(C)=O)cc1-c1ccc(C(C)(C)C)cc1. The molecule has 0 aromatic heterocycles. The number of ether oxygens (including phenoxy) is 1. The number of methoxy groups -OCH3 is 1. The Bertz CT molecular complexity index is 646. The van der Waals surface area contributed by atoms with Crippen molar-refractivity contribution in [3.05, 3.63) is 53.6 Å². The van der Waals surface area contributed by atoms with E-state index in [1.165, 1.54) is 5.56 Å². The van der Waals surface area contributed by atoms with Gasteiger partial charge in [0.1, 0.15) is 5.75 Å². The molecule has 0 unspecified atom stereocenters. The van der Waals surface area contributed by atoms with Crippen LogP contribution in [0.4, 0.5) is 0 Å². The molecule has 110 valence electrons. The Hall–Kier alpha value is -2.09. The number of carbonyl (C=O) groups excluding carboxylic acids is 1. The zero-order valence-electron chi connectivity index (χ0n) is 13.4. The van der Waals surface area contributed by atoms with Gasteiger partial charge in [-0.2, -0.15) is 0 Å². The Morgan fingerprint density at radius 2 is 1.62 bits per heavy atom. The number of benzene rings is 2. The lowest BCUT2D eigenvalue weighted by Crippen LogP contribution is -2.10. The molecule has 0 heterocycles. The van der Waals surface area contributed by atoms with Crippen molar-refractivity contribution in [1.29, 1.82) is 0 Å². The van der Waals surface area contributed by atoms with Gasteiger partial charge in [-0.25, -0.2) is 0 Å². The zero-order chi connectivity index (χ0) is 15.6. The first kappa shape index (κ1) is 15.3. The summed E-state index contributed by atoms with van der Waals surface area (Å²) in [5.74, 6) is 0.841. The van der Waals surface area contributed by atoms with E-state index in [4.69, 9.17) is 4.74 Å². The van der Waals surface area contributed by atoms with E-state index in [0.717, 1.165) is 16.9 Å². The van der Waals surface area contributed by atoms with Crippen LogP contribution in [0.5, 0.6) is 5.75 Å². The van der Waals surface area contributed by atoms with Gasteiger partial charge in [0.2, 0.25) is 0 Å². The topological polar surface area (TPSA) is 26.3 Å². The summed E-state index contributed by atoms with van der Waals surface area (Å²) in [4.78, 5) is 11.6. The van der Waals surface area contributed by atoms with E-state index >= 15 is 0 Å². The molecule has 0 amide bonds. The quantitative estimate of drug-likeness (QED) is 0.751. The van der Waals surface area contributed by atoms with Gasteiger partial charge in [-0.05, 0) is 41.7 Å². The highest BCUT2D eigenvalue weighted by molar-refractivity contribution is 5.96. The molecule has 2 rings (SSSR count). The minimum atomic E-state index is 0.0604. The van der Waals surface area contributed by atoms with E-state index in [1.54, 1.807) is 20.1 Å². The summed E-state index contributed by atoms with van der Waals surface area (Å²) in [6, 6.07) is 14.0. The van der Waals surface area contributed by atoms with Crippen LogP contribution in [0.3, 0.4) is 0 Å². The van der Waals surface area contributed by atoms with Crippen molar-refractivity contribution in [3.8, 4) is 16.9 Å². The maximum Gasteiger partial charge on any atom is 0.159 e. The molecule has 0 N–H and O–H groups in total. The predicted octanol–water partition coefficient (Wildman–Crippen LogP) is 4.86. The third-order valence-electron chi connectivity index (χ3n) is 3.67. The molecule has 0 aliphatic rings. The highest BCUT2D eigenvalue weighted by Crippen LogP contribution is 2.32. The monoisotopic (exact) mass is 282 g/mol. The van der Waals surface area contributed by atoms with Crippen LogP contribution in [0.1, 0.15) is 43.6 Å². The second-order valence-electron chi connectivity index (χ2n) is 6.30. The lowest BCUT2D eigenvalue weighted by molar-refractivity contribution is 0.101. The average molecular weight is 282 g/mol. The van der Waals surface area contributed by atoms with Gasteiger partial charge in [0.05, 0.1) is 7.11 Å². The van der Waals surface area contributed by atoms with Crippen LogP contribution in [-0.4, -0.2) is 12.9 Å². The zero-order valence-corrected chi connectivity index (χ0v) is 13.4. The molecule has 0 aliphatic heterocycles. The normalized spacial score (nSPS) is 11.3. The molecular formula is C19H22O2. The number of hydrogen-bond acceptors (Lipinski definition) is 2. The van der Waals surface area contributed by atoms with E-state index in [1.807, 2.05) is 12.1 Å². The van der Waals surface area contributed by atoms with Gasteiger partial charge in [0.25, 0.3) is 0 Å². The maximum atomic E-state index is 11.6. The summed E-state index contributed by atoms with van der Waals surface area (Å²) in [5.41, 5.74) is 4.12.